The van der Waals surface area contributed by atoms with Gasteiger partial charge in [-0.3, -0.25) is 0 Å². The van der Waals surface area contributed by atoms with Crippen LogP contribution in [0.4, 0.5) is 8.78 Å². The van der Waals surface area contributed by atoms with Crippen LogP contribution >= 0.6 is 11.8 Å². The van der Waals surface area contributed by atoms with Crippen molar-refractivity contribution in [1.29, 1.82) is 0 Å². The Morgan fingerprint density at radius 2 is 1.89 bits per heavy atom. The maximum absolute atomic E-state index is 12.9. The van der Waals surface area contributed by atoms with Gasteiger partial charge < -0.3 is 5.11 Å². The molecule has 1 N–H and O–H groups in total. The SMILES string of the molecule is O=C(O)c1ccc(Sc2ccc(F)c(F)c2)nn1. The predicted molar refractivity (Wildman–Crippen MR) is 59.5 cm³/mol. The summed E-state index contributed by atoms with van der Waals surface area (Å²) in [6.45, 7) is 0. The minimum Gasteiger partial charge on any atom is -0.476 e. The highest BCUT2D eigenvalue weighted by atomic mass is 32.2. The first-order chi connectivity index (χ1) is 8.56. The average Bonchev–Trinajstić information content (AvgIpc) is 2.34. The van der Waals surface area contributed by atoms with E-state index in [0.29, 0.717) is 9.92 Å². The van der Waals surface area contributed by atoms with E-state index >= 15 is 0 Å². The lowest BCUT2D eigenvalue weighted by Gasteiger charge is -2.01. The third kappa shape index (κ3) is 2.80. The monoisotopic (exact) mass is 268 g/mol. The molecule has 2 rings (SSSR count). The molecule has 1 aromatic carbocycles. The van der Waals surface area contributed by atoms with E-state index in [1.165, 1.54) is 18.2 Å². The van der Waals surface area contributed by atoms with E-state index < -0.39 is 17.6 Å². The van der Waals surface area contributed by atoms with Crippen LogP contribution in [-0.4, -0.2) is 21.3 Å². The van der Waals surface area contributed by atoms with Crippen LogP contribution in [0.1, 0.15) is 10.5 Å². The Kier molecular flexibility index (Phi) is 3.52. The molecular weight excluding hydrogens is 262 g/mol. The van der Waals surface area contributed by atoms with Crippen molar-refractivity contribution in [3.8, 4) is 0 Å². The number of carboxylic acids is 1. The zero-order valence-corrected chi connectivity index (χ0v) is 9.62. The van der Waals surface area contributed by atoms with Gasteiger partial charge in [0.05, 0.1) is 0 Å². The number of nitrogens with zero attached hydrogens (tertiary/aromatic N) is 2. The van der Waals surface area contributed by atoms with Crippen molar-refractivity contribution in [3.63, 3.8) is 0 Å². The molecule has 0 atom stereocenters. The number of rotatable bonds is 3. The van der Waals surface area contributed by atoms with Crippen LogP contribution in [-0.2, 0) is 0 Å². The molecule has 0 bridgehead atoms. The van der Waals surface area contributed by atoms with Crippen LogP contribution in [0.25, 0.3) is 0 Å². The molecule has 0 unspecified atom stereocenters. The van der Waals surface area contributed by atoms with E-state index in [9.17, 15) is 13.6 Å². The van der Waals surface area contributed by atoms with Crippen molar-refractivity contribution < 1.29 is 18.7 Å². The van der Waals surface area contributed by atoms with Crippen LogP contribution in [0.15, 0.2) is 40.3 Å². The molecule has 1 aromatic heterocycles. The number of carboxylic acid groups (broad SMARTS) is 1. The Morgan fingerprint density at radius 1 is 1.11 bits per heavy atom. The first-order valence-electron chi connectivity index (χ1n) is 4.76. The Labute approximate surface area is 105 Å². The lowest BCUT2D eigenvalue weighted by molar-refractivity contribution is 0.0689. The van der Waals surface area contributed by atoms with Gasteiger partial charge in [-0.05, 0) is 30.3 Å². The number of aromatic nitrogens is 2. The fourth-order valence-electron chi connectivity index (χ4n) is 1.15. The predicted octanol–water partition coefficient (Wildman–Crippen LogP) is 2.60. The molecule has 0 aliphatic carbocycles. The maximum Gasteiger partial charge on any atom is 0.356 e. The number of carbonyl (C=O) groups is 1. The smallest absolute Gasteiger partial charge is 0.356 e. The summed E-state index contributed by atoms with van der Waals surface area (Å²) in [6, 6.07) is 6.18. The molecule has 92 valence electrons. The molecule has 0 aliphatic heterocycles. The highest BCUT2D eigenvalue weighted by molar-refractivity contribution is 7.99. The zero-order chi connectivity index (χ0) is 13.1. The van der Waals surface area contributed by atoms with Crippen molar-refractivity contribution in [2.75, 3.05) is 0 Å². The van der Waals surface area contributed by atoms with Crippen LogP contribution in [0, 0.1) is 11.6 Å². The summed E-state index contributed by atoms with van der Waals surface area (Å²) in [5, 5.41) is 16.2. The molecule has 4 nitrogen and oxygen atoms in total. The Balaban J connectivity index is 2.18. The highest BCUT2D eigenvalue weighted by Crippen LogP contribution is 2.26. The van der Waals surface area contributed by atoms with Gasteiger partial charge in [0.25, 0.3) is 0 Å². The number of halogens is 2. The average molecular weight is 268 g/mol. The molecule has 0 saturated heterocycles. The van der Waals surface area contributed by atoms with E-state index in [-0.39, 0.29) is 5.69 Å². The summed E-state index contributed by atoms with van der Waals surface area (Å²) >= 11 is 1.06. The summed E-state index contributed by atoms with van der Waals surface area (Å²) in [5.74, 6) is -3.05. The Morgan fingerprint density at radius 3 is 2.44 bits per heavy atom. The van der Waals surface area contributed by atoms with Crippen molar-refractivity contribution in [2.45, 2.75) is 9.92 Å². The van der Waals surface area contributed by atoms with Gasteiger partial charge in [0.1, 0.15) is 5.03 Å². The quantitative estimate of drug-likeness (QED) is 0.927. The second-order valence-corrected chi connectivity index (χ2v) is 4.33. The number of aromatic carboxylic acids is 1. The lowest BCUT2D eigenvalue weighted by Crippen LogP contribution is -2.01. The molecule has 0 amide bonds. The minimum atomic E-state index is -1.17. The normalized spacial score (nSPS) is 10.3. The summed E-state index contributed by atoms with van der Waals surface area (Å²) in [6.07, 6.45) is 0. The summed E-state index contributed by atoms with van der Waals surface area (Å²) in [5.41, 5.74) is -0.176. The first-order valence-corrected chi connectivity index (χ1v) is 5.58. The van der Waals surface area contributed by atoms with Crippen molar-refractivity contribution >= 4 is 17.7 Å². The van der Waals surface area contributed by atoms with E-state index in [1.807, 2.05) is 0 Å². The Bertz CT molecular complexity index is 590. The largest absolute Gasteiger partial charge is 0.476 e. The summed E-state index contributed by atoms with van der Waals surface area (Å²) < 4.78 is 25.7. The Hall–Kier alpha value is -2.02. The minimum absolute atomic E-state index is 0.176. The standard InChI is InChI=1S/C11H6F2N2O2S/c12-7-2-1-6(5-8(7)13)18-10-4-3-9(11(16)17)14-15-10/h1-5H,(H,16,17). The molecular formula is C11H6F2N2O2S. The first kappa shape index (κ1) is 12.4. The molecule has 1 heterocycles. The molecule has 0 spiro atoms. The van der Waals surface area contributed by atoms with Crippen molar-refractivity contribution in [1.82, 2.24) is 10.2 Å². The van der Waals surface area contributed by atoms with Crippen LogP contribution in [0.2, 0.25) is 0 Å². The molecule has 0 fully saturated rings. The topological polar surface area (TPSA) is 63.1 Å². The summed E-state index contributed by atoms with van der Waals surface area (Å²) in [4.78, 5) is 11.0. The third-order valence-electron chi connectivity index (χ3n) is 1.97. The summed E-state index contributed by atoms with van der Waals surface area (Å²) in [7, 11) is 0. The fourth-order valence-corrected chi connectivity index (χ4v) is 1.91. The van der Waals surface area contributed by atoms with E-state index in [4.69, 9.17) is 5.11 Å². The third-order valence-corrected chi connectivity index (χ3v) is 2.89. The van der Waals surface area contributed by atoms with Gasteiger partial charge in [-0.1, -0.05) is 11.8 Å². The van der Waals surface area contributed by atoms with Crippen LogP contribution in [0.3, 0.4) is 0 Å². The van der Waals surface area contributed by atoms with E-state index in [0.717, 1.165) is 23.9 Å². The zero-order valence-electron chi connectivity index (χ0n) is 8.80. The van der Waals surface area contributed by atoms with Gasteiger partial charge in [0.2, 0.25) is 0 Å². The molecule has 7 heteroatoms. The van der Waals surface area contributed by atoms with Crippen molar-refractivity contribution in [2.24, 2.45) is 0 Å². The maximum atomic E-state index is 12.9. The number of hydrogen-bond donors (Lipinski definition) is 1. The number of benzene rings is 1. The highest BCUT2D eigenvalue weighted by Gasteiger charge is 2.07. The van der Waals surface area contributed by atoms with Crippen LogP contribution < -0.4 is 0 Å². The van der Waals surface area contributed by atoms with Crippen molar-refractivity contribution in [3.05, 3.63) is 47.7 Å². The lowest BCUT2D eigenvalue weighted by atomic mass is 10.3. The van der Waals surface area contributed by atoms with E-state index in [2.05, 4.69) is 10.2 Å². The van der Waals surface area contributed by atoms with Crippen LogP contribution in [0.5, 0.6) is 0 Å². The molecule has 0 saturated carbocycles. The second kappa shape index (κ2) is 5.09. The van der Waals surface area contributed by atoms with Gasteiger partial charge in [-0.2, -0.15) is 0 Å². The van der Waals surface area contributed by atoms with Gasteiger partial charge in [-0.25, -0.2) is 13.6 Å². The molecule has 0 aliphatic rings. The molecule has 18 heavy (non-hydrogen) atoms. The van der Waals surface area contributed by atoms with Gasteiger partial charge >= 0.3 is 5.97 Å². The molecule has 2 aromatic rings. The van der Waals surface area contributed by atoms with Gasteiger partial charge in [-0.15, -0.1) is 10.2 Å². The van der Waals surface area contributed by atoms with Gasteiger partial charge in [0.15, 0.2) is 17.3 Å². The molecule has 0 radical (unpaired) electrons. The number of hydrogen-bond acceptors (Lipinski definition) is 4. The van der Waals surface area contributed by atoms with E-state index in [1.54, 1.807) is 0 Å². The van der Waals surface area contributed by atoms with Gasteiger partial charge in [0, 0.05) is 4.90 Å². The fraction of sp³-hybridized carbons (Fsp3) is 0. The second-order valence-electron chi connectivity index (χ2n) is 3.24.